The maximum Gasteiger partial charge on any atom is 0.155 e. The number of thiophene rings is 1. The summed E-state index contributed by atoms with van der Waals surface area (Å²) in [5.74, 6) is 1.35. The molecule has 0 bridgehead atoms. The topological polar surface area (TPSA) is 71.6 Å². The highest BCUT2D eigenvalue weighted by atomic mass is 32.1. The molecular formula is C23H23N3O3S. The summed E-state index contributed by atoms with van der Waals surface area (Å²) < 4.78 is 18.7. The Labute approximate surface area is 178 Å². The van der Waals surface area contributed by atoms with E-state index < -0.39 is 0 Å². The number of hydrogen-bond donors (Lipinski definition) is 1. The summed E-state index contributed by atoms with van der Waals surface area (Å²) in [5, 5.41) is 12.8. The summed E-state index contributed by atoms with van der Waals surface area (Å²) in [6, 6.07) is 11.4. The van der Waals surface area contributed by atoms with Crippen molar-refractivity contribution in [3.8, 4) is 17.2 Å². The zero-order valence-corrected chi connectivity index (χ0v) is 17.4. The molecule has 0 aliphatic carbocycles. The first-order valence-corrected chi connectivity index (χ1v) is 11.0. The van der Waals surface area contributed by atoms with E-state index in [-0.39, 0.29) is 0 Å². The Morgan fingerprint density at radius 3 is 3.07 bits per heavy atom. The Morgan fingerprint density at radius 2 is 2.10 bits per heavy atom. The molecule has 6 nitrogen and oxygen atoms in total. The van der Waals surface area contributed by atoms with Crippen LogP contribution in [0.5, 0.6) is 5.75 Å². The van der Waals surface area contributed by atoms with Crippen molar-refractivity contribution in [2.75, 3.05) is 39.5 Å². The molecule has 0 spiro atoms. The van der Waals surface area contributed by atoms with Crippen LogP contribution in [-0.2, 0) is 4.74 Å². The first-order valence-electron chi connectivity index (χ1n) is 10.2. The molecule has 1 aliphatic heterocycles. The van der Waals surface area contributed by atoms with Crippen LogP contribution < -0.4 is 10.1 Å². The predicted molar refractivity (Wildman–Crippen MR) is 118 cm³/mol. The van der Waals surface area contributed by atoms with Crippen LogP contribution in [0.15, 0.2) is 52.4 Å². The highest BCUT2D eigenvalue weighted by molar-refractivity contribution is 7.17. The van der Waals surface area contributed by atoms with Crippen LogP contribution in [0.1, 0.15) is 6.42 Å². The zero-order valence-electron chi connectivity index (χ0n) is 16.6. The van der Waals surface area contributed by atoms with Crippen LogP contribution in [0.2, 0.25) is 0 Å². The fourth-order valence-electron chi connectivity index (χ4n) is 3.69. The zero-order chi connectivity index (χ0) is 20.3. The quantitative estimate of drug-likeness (QED) is 0.520. The van der Waals surface area contributed by atoms with Crippen molar-refractivity contribution in [3.05, 3.63) is 53.3 Å². The van der Waals surface area contributed by atoms with Gasteiger partial charge in [-0.1, -0.05) is 0 Å². The molecule has 0 saturated carbocycles. The predicted octanol–water partition coefficient (Wildman–Crippen LogP) is 4.29. The molecule has 3 aromatic heterocycles. The minimum atomic E-state index is 0.398. The van der Waals surface area contributed by atoms with E-state index in [0.717, 1.165) is 66.2 Å². The third kappa shape index (κ3) is 4.09. The lowest BCUT2D eigenvalue weighted by atomic mass is 10.1. The Balaban J connectivity index is 1.34. The molecule has 0 unspecified atom stereocenters. The molecule has 1 saturated heterocycles. The molecule has 1 aromatic carbocycles. The number of ether oxygens (including phenoxy) is 2. The molecular weight excluding hydrogens is 398 g/mol. The number of hydrogen-bond acceptors (Lipinski definition) is 7. The average molecular weight is 422 g/mol. The van der Waals surface area contributed by atoms with Gasteiger partial charge >= 0.3 is 0 Å². The molecule has 1 aliphatic rings. The van der Waals surface area contributed by atoms with Gasteiger partial charge < -0.3 is 13.9 Å². The fourth-order valence-corrected chi connectivity index (χ4v) is 4.48. The monoisotopic (exact) mass is 421 g/mol. The second kappa shape index (κ2) is 8.55. The molecule has 30 heavy (non-hydrogen) atoms. The third-order valence-electron chi connectivity index (χ3n) is 5.32. The molecule has 0 amide bonds. The van der Waals surface area contributed by atoms with Crippen molar-refractivity contribution in [2.45, 2.75) is 6.42 Å². The lowest BCUT2D eigenvalue weighted by molar-refractivity contribution is 0.137. The lowest BCUT2D eigenvalue weighted by Crippen LogP contribution is -2.30. The van der Waals surface area contributed by atoms with Crippen LogP contribution in [-0.4, -0.2) is 49.3 Å². The molecule has 5 rings (SSSR count). The van der Waals surface area contributed by atoms with Gasteiger partial charge in [0.1, 0.15) is 23.6 Å². The van der Waals surface area contributed by atoms with E-state index in [1.807, 2.05) is 41.9 Å². The molecule has 0 atom stereocenters. The minimum absolute atomic E-state index is 0.398. The molecule has 154 valence electrons. The standard InChI is InChI=1S/C23H23N3O3S/c24-19-13-22(20-14-23-16(15-25-20)4-11-30-23)29-21-3-2-17(12-18(19)21)28-10-7-26-5-1-8-27-9-6-26/h2-4,11-15,24H,1,5-10H2. The SMILES string of the molecule is N=c1cc(-c2cc3sccc3cn2)oc2ccc(OCCN3CCCOCC3)cc12. The number of pyridine rings is 1. The summed E-state index contributed by atoms with van der Waals surface area (Å²) >= 11 is 1.67. The van der Waals surface area contributed by atoms with E-state index in [1.54, 1.807) is 17.4 Å². The first-order chi connectivity index (χ1) is 14.8. The van der Waals surface area contributed by atoms with Crippen LogP contribution in [0.4, 0.5) is 0 Å². The summed E-state index contributed by atoms with van der Waals surface area (Å²) in [6.45, 7) is 5.11. The summed E-state index contributed by atoms with van der Waals surface area (Å²) in [6.07, 6.45) is 2.91. The van der Waals surface area contributed by atoms with Crippen molar-refractivity contribution < 1.29 is 13.9 Å². The average Bonchev–Trinajstić information content (AvgIpc) is 3.08. The van der Waals surface area contributed by atoms with Crippen LogP contribution in [0.25, 0.3) is 32.5 Å². The molecule has 0 radical (unpaired) electrons. The Bertz CT molecular complexity index is 1230. The second-order valence-electron chi connectivity index (χ2n) is 7.37. The van der Waals surface area contributed by atoms with E-state index in [2.05, 4.69) is 9.88 Å². The van der Waals surface area contributed by atoms with Crippen LogP contribution in [0.3, 0.4) is 0 Å². The van der Waals surface area contributed by atoms with E-state index in [0.29, 0.717) is 23.3 Å². The summed E-state index contributed by atoms with van der Waals surface area (Å²) in [5.41, 5.74) is 1.39. The fraction of sp³-hybridized carbons (Fsp3) is 0.304. The largest absolute Gasteiger partial charge is 0.492 e. The molecule has 1 fully saturated rings. The molecule has 4 heterocycles. The normalized spacial score (nSPS) is 15.5. The van der Waals surface area contributed by atoms with Crippen molar-refractivity contribution in [1.82, 2.24) is 9.88 Å². The third-order valence-corrected chi connectivity index (χ3v) is 6.20. The van der Waals surface area contributed by atoms with Gasteiger partial charge in [-0.25, -0.2) is 0 Å². The van der Waals surface area contributed by atoms with Gasteiger partial charge in [0, 0.05) is 54.0 Å². The highest BCUT2D eigenvalue weighted by Crippen LogP contribution is 2.27. The Kier molecular flexibility index (Phi) is 5.48. The van der Waals surface area contributed by atoms with Crippen molar-refractivity contribution in [3.63, 3.8) is 0 Å². The van der Waals surface area contributed by atoms with E-state index >= 15 is 0 Å². The van der Waals surface area contributed by atoms with Gasteiger partial charge in [0.15, 0.2) is 5.76 Å². The maximum absolute atomic E-state index is 8.48. The molecule has 1 N–H and O–H groups in total. The number of rotatable bonds is 5. The summed E-state index contributed by atoms with van der Waals surface area (Å²) in [4.78, 5) is 6.86. The van der Waals surface area contributed by atoms with Crippen LogP contribution >= 0.6 is 11.3 Å². The number of nitrogens with zero attached hydrogens (tertiary/aromatic N) is 2. The van der Waals surface area contributed by atoms with Crippen LogP contribution in [0, 0.1) is 5.41 Å². The lowest BCUT2D eigenvalue weighted by Gasteiger charge is -2.19. The van der Waals surface area contributed by atoms with Gasteiger partial charge in [0.05, 0.1) is 12.0 Å². The van der Waals surface area contributed by atoms with E-state index in [4.69, 9.17) is 19.3 Å². The molecule has 7 heteroatoms. The van der Waals surface area contributed by atoms with Crippen molar-refractivity contribution >= 4 is 32.4 Å². The van der Waals surface area contributed by atoms with Gasteiger partial charge in [-0.05, 0) is 42.1 Å². The number of aromatic nitrogens is 1. The van der Waals surface area contributed by atoms with Gasteiger partial charge in [0.2, 0.25) is 0 Å². The Hall–Kier alpha value is -2.74. The van der Waals surface area contributed by atoms with E-state index in [1.165, 1.54) is 0 Å². The van der Waals surface area contributed by atoms with Gasteiger partial charge in [-0.15, -0.1) is 11.3 Å². The number of benzene rings is 1. The molecule has 4 aromatic rings. The maximum atomic E-state index is 8.48. The van der Waals surface area contributed by atoms with Crippen molar-refractivity contribution in [2.24, 2.45) is 0 Å². The highest BCUT2D eigenvalue weighted by Gasteiger charge is 2.11. The number of nitrogens with one attached hydrogen (secondary N) is 1. The van der Waals surface area contributed by atoms with Gasteiger partial charge in [-0.3, -0.25) is 15.3 Å². The van der Waals surface area contributed by atoms with Crippen molar-refractivity contribution in [1.29, 1.82) is 5.41 Å². The van der Waals surface area contributed by atoms with Gasteiger partial charge in [-0.2, -0.15) is 0 Å². The Morgan fingerprint density at radius 1 is 1.13 bits per heavy atom. The minimum Gasteiger partial charge on any atom is -0.492 e. The van der Waals surface area contributed by atoms with Gasteiger partial charge in [0.25, 0.3) is 0 Å². The summed E-state index contributed by atoms with van der Waals surface area (Å²) in [7, 11) is 0. The van der Waals surface area contributed by atoms with E-state index in [9.17, 15) is 0 Å². The second-order valence-corrected chi connectivity index (χ2v) is 8.31. The first kappa shape index (κ1) is 19.2. The smallest absolute Gasteiger partial charge is 0.155 e. The number of fused-ring (bicyclic) bond motifs is 2.